The SMILES string of the molecule is CC(C)P(Br)C1CCCC1. The lowest BCUT2D eigenvalue weighted by Gasteiger charge is -2.20. The third-order valence-electron chi connectivity index (χ3n) is 2.17. The molecule has 60 valence electrons. The van der Waals surface area contributed by atoms with E-state index >= 15 is 0 Å². The summed E-state index contributed by atoms with van der Waals surface area (Å²) in [6.07, 6.45) is 5.91. The van der Waals surface area contributed by atoms with E-state index in [1.807, 2.05) is 0 Å². The van der Waals surface area contributed by atoms with Gasteiger partial charge in [0.25, 0.3) is 0 Å². The van der Waals surface area contributed by atoms with Crippen LogP contribution in [0.3, 0.4) is 0 Å². The summed E-state index contributed by atoms with van der Waals surface area (Å²) < 4.78 is 0. The zero-order valence-corrected chi connectivity index (χ0v) is 9.29. The molecule has 0 radical (unpaired) electrons. The van der Waals surface area contributed by atoms with Gasteiger partial charge in [0.15, 0.2) is 0 Å². The van der Waals surface area contributed by atoms with Gasteiger partial charge in [0, 0.05) is 0 Å². The molecule has 1 atom stereocenters. The lowest BCUT2D eigenvalue weighted by molar-refractivity contribution is 0.884. The van der Waals surface area contributed by atoms with Crippen LogP contribution in [0.15, 0.2) is 0 Å². The molecule has 0 nitrogen and oxygen atoms in total. The first kappa shape index (κ1) is 9.00. The van der Waals surface area contributed by atoms with Gasteiger partial charge in [0.05, 0.1) is 0 Å². The fourth-order valence-corrected chi connectivity index (χ4v) is 4.50. The van der Waals surface area contributed by atoms with Crippen LogP contribution >= 0.6 is 22.1 Å². The third-order valence-corrected chi connectivity index (χ3v) is 8.56. The van der Waals surface area contributed by atoms with Crippen LogP contribution < -0.4 is 0 Å². The van der Waals surface area contributed by atoms with Gasteiger partial charge < -0.3 is 0 Å². The van der Waals surface area contributed by atoms with Gasteiger partial charge in [-0.2, -0.15) is 0 Å². The molecular formula is C8H16BrP. The van der Waals surface area contributed by atoms with Crippen LogP contribution in [0.25, 0.3) is 0 Å². The summed E-state index contributed by atoms with van der Waals surface area (Å²) in [5.74, 6) is 0. The smallest absolute Gasteiger partial charge is 0.0109 e. The average molecular weight is 223 g/mol. The Labute approximate surface area is 73.3 Å². The van der Waals surface area contributed by atoms with Crippen molar-refractivity contribution in [2.45, 2.75) is 50.8 Å². The van der Waals surface area contributed by atoms with Crippen LogP contribution in [0.2, 0.25) is 0 Å². The van der Waals surface area contributed by atoms with Crippen molar-refractivity contribution in [3.05, 3.63) is 0 Å². The second kappa shape index (κ2) is 4.07. The Morgan fingerprint density at radius 1 is 1.30 bits per heavy atom. The molecule has 1 aliphatic carbocycles. The third kappa shape index (κ3) is 2.20. The molecule has 0 N–H and O–H groups in total. The maximum atomic E-state index is 3.83. The topological polar surface area (TPSA) is 0 Å². The number of halogens is 1. The molecular weight excluding hydrogens is 207 g/mol. The van der Waals surface area contributed by atoms with E-state index in [1.54, 1.807) is 0 Å². The molecule has 0 bridgehead atoms. The number of rotatable bonds is 2. The molecule has 1 aliphatic rings. The lowest BCUT2D eigenvalue weighted by Crippen LogP contribution is -2.01. The second-order valence-electron chi connectivity index (χ2n) is 3.38. The van der Waals surface area contributed by atoms with Crippen LogP contribution in [-0.2, 0) is 0 Å². The molecule has 0 heterocycles. The number of hydrogen-bond donors (Lipinski definition) is 0. The molecule has 1 rings (SSSR count). The van der Waals surface area contributed by atoms with Crippen molar-refractivity contribution in [3.8, 4) is 0 Å². The summed E-state index contributed by atoms with van der Waals surface area (Å²) in [5, 5.41) is 0. The van der Waals surface area contributed by atoms with E-state index < -0.39 is 0 Å². The summed E-state index contributed by atoms with van der Waals surface area (Å²) in [4.78, 5) is 0. The molecule has 0 aromatic heterocycles. The van der Waals surface area contributed by atoms with Crippen molar-refractivity contribution >= 4 is 22.1 Å². The van der Waals surface area contributed by atoms with Gasteiger partial charge in [-0.15, -0.1) is 0 Å². The van der Waals surface area contributed by atoms with Crippen molar-refractivity contribution in [1.29, 1.82) is 0 Å². The Balaban J connectivity index is 2.32. The molecule has 0 aliphatic heterocycles. The lowest BCUT2D eigenvalue weighted by atomic mass is 10.4. The Morgan fingerprint density at radius 3 is 2.20 bits per heavy atom. The quantitative estimate of drug-likeness (QED) is 0.617. The molecule has 1 saturated carbocycles. The van der Waals surface area contributed by atoms with E-state index in [1.165, 1.54) is 25.7 Å². The predicted octanol–water partition coefficient (Wildman–Crippen LogP) is 4.13. The largest absolute Gasteiger partial charge is 0.0599 e. The van der Waals surface area contributed by atoms with Crippen molar-refractivity contribution in [2.24, 2.45) is 0 Å². The molecule has 0 aromatic carbocycles. The van der Waals surface area contributed by atoms with Gasteiger partial charge in [0.2, 0.25) is 0 Å². The first-order chi connectivity index (χ1) is 4.72. The minimum Gasteiger partial charge on any atom is -0.0599 e. The summed E-state index contributed by atoms with van der Waals surface area (Å²) in [7, 11) is 0. The molecule has 0 amide bonds. The van der Waals surface area contributed by atoms with Crippen molar-refractivity contribution in [2.75, 3.05) is 0 Å². The van der Waals surface area contributed by atoms with E-state index in [2.05, 4.69) is 29.3 Å². The summed E-state index contributed by atoms with van der Waals surface area (Å²) in [5.41, 5.74) is 1.91. The van der Waals surface area contributed by atoms with Crippen LogP contribution in [0, 0.1) is 0 Å². The Kier molecular flexibility index (Phi) is 3.66. The fraction of sp³-hybridized carbons (Fsp3) is 1.00. The minimum atomic E-state index is 0.172. The molecule has 10 heavy (non-hydrogen) atoms. The van der Waals surface area contributed by atoms with Crippen LogP contribution in [0.4, 0.5) is 0 Å². The summed E-state index contributed by atoms with van der Waals surface area (Å²) in [6, 6.07) is 0. The highest BCUT2D eigenvalue weighted by Crippen LogP contribution is 2.58. The minimum absolute atomic E-state index is 0.172. The summed E-state index contributed by atoms with van der Waals surface area (Å²) >= 11 is 3.83. The molecule has 1 fully saturated rings. The second-order valence-corrected chi connectivity index (χ2v) is 8.28. The number of hydrogen-bond acceptors (Lipinski definition) is 0. The zero-order chi connectivity index (χ0) is 7.56. The van der Waals surface area contributed by atoms with Gasteiger partial charge >= 0.3 is 0 Å². The van der Waals surface area contributed by atoms with Crippen LogP contribution in [0.1, 0.15) is 39.5 Å². The normalized spacial score (nSPS) is 24.0. The monoisotopic (exact) mass is 222 g/mol. The van der Waals surface area contributed by atoms with Gasteiger partial charge in [-0.1, -0.05) is 42.2 Å². The fourth-order valence-electron chi connectivity index (χ4n) is 1.57. The highest BCUT2D eigenvalue weighted by molar-refractivity contribution is 9.39. The van der Waals surface area contributed by atoms with Gasteiger partial charge in [-0.25, -0.2) is 0 Å². The highest BCUT2D eigenvalue weighted by atomic mass is 79.9. The molecule has 2 heteroatoms. The average Bonchev–Trinajstić information content (AvgIpc) is 2.36. The molecule has 1 unspecified atom stereocenters. The Morgan fingerprint density at radius 2 is 1.80 bits per heavy atom. The van der Waals surface area contributed by atoms with E-state index in [0.29, 0.717) is 0 Å². The van der Waals surface area contributed by atoms with Gasteiger partial charge in [-0.3, -0.25) is 0 Å². The van der Waals surface area contributed by atoms with Gasteiger partial charge in [0.1, 0.15) is 0 Å². The Hall–Kier alpha value is 0.910. The maximum Gasteiger partial charge on any atom is -0.0109 e. The summed E-state index contributed by atoms with van der Waals surface area (Å²) in [6.45, 7) is 4.84. The van der Waals surface area contributed by atoms with E-state index in [4.69, 9.17) is 0 Å². The molecule has 0 spiro atoms. The highest BCUT2D eigenvalue weighted by Gasteiger charge is 2.24. The van der Waals surface area contributed by atoms with Crippen molar-refractivity contribution in [1.82, 2.24) is 0 Å². The molecule has 0 aromatic rings. The van der Waals surface area contributed by atoms with E-state index in [-0.39, 0.29) is 6.62 Å². The predicted molar refractivity (Wildman–Crippen MR) is 53.2 cm³/mol. The molecule has 0 saturated heterocycles. The van der Waals surface area contributed by atoms with E-state index in [0.717, 1.165) is 11.3 Å². The maximum absolute atomic E-state index is 3.83. The first-order valence-corrected chi connectivity index (χ1v) is 7.66. The van der Waals surface area contributed by atoms with Gasteiger partial charge in [-0.05, 0) is 30.8 Å². The zero-order valence-electron chi connectivity index (χ0n) is 6.81. The van der Waals surface area contributed by atoms with Crippen LogP contribution in [-0.4, -0.2) is 11.3 Å². The van der Waals surface area contributed by atoms with Crippen molar-refractivity contribution in [3.63, 3.8) is 0 Å². The Bertz CT molecular complexity index is 97.4. The van der Waals surface area contributed by atoms with Crippen LogP contribution in [0.5, 0.6) is 0 Å². The van der Waals surface area contributed by atoms with E-state index in [9.17, 15) is 0 Å². The standard InChI is InChI=1S/C8H16BrP/c1-7(2)10(9)8-5-3-4-6-8/h7-8H,3-6H2,1-2H3. The van der Waals surface area contributed by atoms with Crippen molar-refractivity contribution < 1.29 is 0 Å². The first-order valence-electron chi connectivity index (χ1n) is 4.16.